The van der Waals surface area contributed by atoms with Crippen LogP contribution in [0, 0.1) is 5.92 Å². The van der Waals surface area contributed by atoms with E-state index in [1.807, 2.05) is 53.4 Å². The summed E-state index contributed by atoms with van der Waals surface area (Å²) < 4.78 is 5.86. The smallest absolute Gasteiger partial charge is 0.343 e. The third-order valence-corrected chi connectivity index (χ3v) is 6.73. The normalized spacial score (nSPS) is 21.5. The minimum absolute atomic E-state index is 0.112. The Balaban J connectivity index is 1.36. The summed E-state index contributed by atoms with van der Waals surface area (Å²) >= 11 is 0. The summed E-state index contributed by atoms with van der Waals surface area (Å²) in [5.74, 6) is -0.171. The monoisotopic (exact) mass is 435 g/mol. The highest BCUT2D eigenvalue weighted by molar-refractivity contribution is 5.82. The third-order valence-electron chi connectivity index (χ3n) is 6.73. The quantitative estimate of drug-likeness (QED) is 0.396. The van der Waals surface area contributed by atoms with Crippen LogP contribution in [0.3, 0.4) is 0 Å². The summed E-state index contributed by atoms with van der Waals surface area (Å²) in [5, 5.41) is 11.6. The summed E-state index contributed by atoms with van der Waals surface area (Å²) in [5.41, 5.74) is 6.45. The molecule has 2 aliphatic rings. The highest BCUT2D eigenvalue weighted by atomic mass is 16.6. The SMILES string of the molecule is NC(=NCCc1ccccc1)N1CC[C@@H](OC(=O)[C@](O)(c2ccccc2)C2CCCC2)C1. The molecule has 2 aromatic rings. The number of rotatable bonds is 7. The fraction of sp³-hybridized carbons (Fsp3) is 0.462. The van der Waals surface area contributed by atoms with E-state index in [1.54, 1.807) is 0 Å². The van der Waals surface area contributed by atoms with Crippen LogP contribution in [0.4, 0.5) is 0 Å². The van der Waals surface area contributed by atoms with E-state index in [0.29, 0.717) is 37.6 Å². The number of hydrogen-bond donors (Lipinski definition) is 2. The maximum absolute atomic E-state index is 13.3. The average molecular weight is 436 g/mol. The average Bonchev–Trinajstić information content (AvgIpc) is 3.53. The first kappa shape index (κ1) is 22.3. The van der Waals surface area contributed by atoms with Gasteiger partial charge >= 0.3 is 5.97 Å². The van der Waals surface area contributed by atoms with Crippen molar-refractivity contribution in [2.45, 2.75) is 50.2 Å². The molecule has 2 fully saturated rings. The zero-order valence-corrected chi connectivity index (χ0v) is 18.5. The van der Waals surface area contributed by atoms with Gasteiger partial charge < -0.3 is 20.5 Å². The standard InChI is InChI=1S/C26H33N3O3/c27-25(28-17-15-20-9-3-1-4-10-20)29-18-16-23(19-29)32-24(30)26(31,22-13-7-8-14-22)21-11-5-2-6-12-21/h1-6,9-12,22-23,31H,7-8,13-19H2,(H2,27,28)/t23-,26+/m1/s1. The van der Waals surface area contributed by atoms with E-state index in [9.17, 15) is 9.90 Å². The van der Waals surface area contributed by atoms with Gasteiger partial charge in [-0.05, 0) is 30.4 Å². The Morgan fingerprint density at radius 1 is 1.06 bits per heavy atom. The number of carbonyl (C=O) groups is 1. The third kappa shape index (κ3) is 4.96. The topological polar surface area (TPSA) is 88.1 Å². The number of likely N-dealkylation sites (tertiary alicyclic amines) is 1. The van der Waals surface area contributed by atoms with Crippen LogP contribution in [-0.2, 0) is 21.6 Å². The van der Waals surface area contributed by atoms with E-state index in [0.717, 1.165) is 32.1 Å². The van der Waals surface area contributed by atoms with Gasteiger partial charge in [0.1, 0.15) is 6.10 Å². The van der Waals surface area contributed by atoms with Crippen molar-refractivity contribution in [2.24, 2.45) is 16.6 Å². The van der Waals surface area contributed by atoms with Gasteiger partial charge in [-0.3, -0.25) is 4.99 Å². The lowest BCUT2D eigenvalue weighted by Gasteiger charge is -2.33. The summed E-state index contributed by atoms with van der Waals surface area (Å²) in [6.07, 6.45) is 4.93. The van der Waals surface area contributed by atoms with Crippen LogP contribution in [0.1, 0.15) is 43.2 Å². The van der Waals surface area contributed by atoms with Crippen LogP contribution < -0.4 is 5.73 Å². The Kier molecular flexibility index (Phi) is 7.10. The van der Waals surface area contributed by atoms with Gasteiger partial charge in [0.25, 0.3) is 0 Å². The lowest BCUT2D eigenvalue weighted by molar-refractivity contribution is -0.178. The van der Waals surface area contributed by atoms with Gasteiger partial charge in [0.2, 0.25) is 0 Å². The number of nitrogens with zero attached hydrogens (tertiary/aromatic N) is 2. The predicted molar refractivity (Wildman–Crippen MR) is 125 cm³/mol. The molecule has 0 radical (unpaired) electrons. The fourth-order valence-electron chi connectivity index (χ4n) is 4.87. The van der Waals surface area contributed by atoms with E-state index in [-0.39, 0.29) is 12.0 Å². The van der Waals surface area contributed by atoms with Crippen molar-refractivity contribution < 1.29 is 14.6 Å². The summed E-state index contributed by atoms with van der Waals surface area (Å²) in [6, 6.07) is 19.4. The molecule has 170 valence electrons. The molecule has 4 rings (SSSR count). The summed E-state index contributed by atoms with van der Waals surface area (Å²) in [7, 11) is 0. The van der Waals surface area contributed by atoms with Gasteiger partial charge in [0.15, 0.2) is 11.6 Å². The molecule has 1 saturated carbocycles. The van der Waals surface area contributed by atoms with Gasteiger partial charge in [-0.1, -0.05) is 73.5 Å². The largest absolute Gasteiger partial charge is 0.458 e. The number of aliphatic imine (C=N–C) groups is 1. The highest BCUT2D eigenvalue weighted by Gasteiger charge is 2.48. The molecule has 0 amide bonds. The molecule has 0 spiro atoms. The van der Waals surface area contributed by atoms with Crippen molar-refractivity contribution >= 4 is 11.9 Å². The van der Waals surface area contributed by atoms with Crippen LogP contribution in [-0.4, -0.2) is 47.7 Å². The maximum atomic E-state index is 13.3. The second-order valence-corrected chi connectivity index (χ2v) is 8.85. The van der Waals surface area contributed by atoms with Gasteiger partial charge in [-0.15, -0.1) is 0 Å². The molecule has 1 saturated heterocycles. The Morgan fingerprint density at radius 2 is 1.72 bits per heavy atom. The Bertz CT molecular complexity index is 912. The molecular weight excluding hydrogens is 402 g/mol. The number of carbonyl (C=O) groups excluding carboxylic acids is 1. The first-order valence-corrected chi connectivity index (χ1v) is 11.6. The first-order valence-electron chi connectivity index (χ1n) is 11.6. The molecule has 6 heteroatoms. The number of aliphatic hydroxyl groups is 1. The Morgan fingerprint density at radius 3 is 2.41 bits per heavy atom. The molecule has 6 nitrogen and oxygen atoms in total. The summed E-state index contributed by atoms with van der Waals surface area (Å²) in [4.78, 5) is 19.7. The van der Waals surface area contributed by atoms with Crippen LogP contribution in [0.25, 0.3) is 0 Å². The number of esters is 1. The number of guanidine groups is 1. The lowest BCUT2D eigenvalue weighted by atomic mass is 9.80. The van der Waals surface area contributed by atoms with E-state index in [1.165, 1.54) is 5.56 Å². The number of benzene rings is 2. The van der Waals surface area contributed by atoms with Gasteiger partial charge in [0.05, 0.1) is 6.54 Å². The van der Waals surface area contributed by atoms with Gasteiger partial charge in [-0.25, -0.2) is 4.79 Å². The number of nitrogens with two attached hydrogens (primary N) is 1. The van der Waals surface area contributed by atoms with Crippen LogP contribution >= 0.6 is 0 Å². The van der Waals surface area contributed by atoms with Crippen molar-refractivity contribution in [1.82, 2.24) is 4.90 Å². The predicted octanol–water partition coefficient (Wildman–Crippen LogP) is 3.24. The van der Waals surface area contributed by atoms with E-state index >= 15 is 0 Å². The Hall–Kier alpha value is -2.86. The van der Waals surface area contributed by atoms with Crippen molar-refractivity contribution in [3.63, 3.8) is 0 Å². The van der Waals surface area contributed by atoms with Crippen LogP contribution in [0.2, 0.25) is 0 Å². The first-order chi connectivity index (χ1) is 15.6. The molecule has 1 heterocycles. The van der Waals surface area contributed by atoms with Crippen molar-refractivity contribution in [3.8, 4) is 0 Å². The minimum Gasteiger partial charge on any atom is -0.458 e. The van der Waals surface area contributed by atoms with Crippen molar-refractivity contribution in [1.29, 1.82) is 0 Å². The van der Waals surface area contributed by atoms with Gasteiger partial charge in [0, 0.05) is 25.4 Å². The second-order valence-electron chi connectivity index (χ2n) is 8.85. The molecule has 1 aliphatic heterocycles. The second kappa shape index (κ2) is 10.2. The molecule has 1 aliphatic carbocycles. The molecule has 3 N–H and O–H groups in total. The van der Waals surface area contributed by atoms with Crippen LogP contribution in [0.15, 0.2) is 65.7 Å². The number of ether oxygens (including phenoxy) is 1. The minimum atomic E-state index is -1.60. The lowest BCUT2D eigenvalue weighted by Crippen LogP contribution is -2.45. The van der Waals surface area contributed by atoms with E-state index in [4.69, 9.17) is 10.5 Å². The summed E-state index contributed by atoms with van der Waals surface area (Å²) in [6.45, 7) is 1.81. The molecule has 0 bridgehead atoms. The molecule has 0 aromatic heterocycles. The zero-order chi connectivity index (χ0) is 22.4. The van der Waals surface area contributed by atoms with Crippen molar-refractivity contribution in [3.05, 3.63) is 71.8 Å². The van der Waals surface area contributed by atoms with E-state index < -0.39 is 11.6 Å². The molecule has 2 aromatic carbocycles. The Labute approximate surface area is 190 Å². The molecular formula is C26H33N3O3. The molecule has 32 heavy (non-hydrogen) atoms. The van der Waals surface area contributed by atoms with E-state index in [2.05, 4.69) is 17.1 Å². The maximum Gasteiger partial charge on any atom is 0.343 e. The molecule has 2 atom stereocenters. The molecule has 0 unspecified atom stereocenters. The highest BCUT2D eigenvalue weighted by Crippen LogP contribution is 2.41. The fourth-order valence-corrected chi connectivity index (χ4v) is 4.87. The van der Waals surface area contributed by atoms with Crippen LogP contribution in [0.5, 0.6) is 0 Å². The zero-order valence-electron chi connectivity index (χ0n) is 18.5. The van der Waals surface area contributed by atoms with Crippen molar-refractivity contribution in [2.75, 3.05) is 19.6 Å². The number of hydrogen-bond acceptors (Lipinski definition) is 4. The van der Waals surface area contributed by atoms with Gasteiger partial charge in [-0.2, -0.15) is 0 Å².